The largest absolute Gasteiger partial charge is 0.416 e. The summed E-state index contributed by atoms with van der Waals surface area (Å²) in [5, 5.41) is 4.61. The lowest BCUT2D eigenvalue weighted by Crippen LogP contribution is -2.44. The second-order valence-corrected chi connectivity index (χ2v) is 21.9. The number of fused-ring (bicyclic) bond motifs is 1. The van der Waals surface area contributed by atoms with E-state index in [1.807, 2.05) is 6.92 Å². The van der Waals surface area contributed by atoms with Crippen LogP contribution in [0, 0.1) is 5.92 Å². The third kappa shape index (κ3) is 7.09. The summed E-state index contributed by atoms with van der Waals surface area (Å²) in [6, 6.07) is 1.44. The highest BCUT2D eigenvalue weighted by Crippen LogP contribution is 2.38. The van der Waals surface area contributed by atoms with Gasteiger partial charge in [-0.05, 0) is 75.8 Å². The Morgan fingerprint density at radius 1 is 1.16 bits per heavy atom. The van der Waals surface area contributed by atoms with E-state index in [4.69, 9.17) is 4.43 Å². The van der Waals surface area contributed by atoms with Crippen molar-refractivity contribution < 1.29 is 12.8 Å². The Labute approximate surface area is 259 Å². The van der Waals surface area contributed by atoms with Crippen molar-refractivity contribution in [1.29, 1.82) is 0 Å². The maximum Gasteiger partial charge on any atom is 0.332 e. The van der Waals surface area contributed by atoms with Gasteiger partial charge in [-0.15, -0.1) is 11.3 Å². The minimum atomic E-state index is -3.83. The maximum atomic E-state index is 13.9. The Morgan fingerprint density at radius 3 is 2.42 bits per heavy atom. The number of aryl methyl sites for hydroxylation is 1. The molecule has 2 fully saturated rings. The Bertz CT molecular complexity index is 1700. The molecule has 5 rings (SSSR count). The first-order chi connectivity index (χ1) is 20.0. The molecule has 43 heavy (non-hydrogen) atoms. The zero-order valence-electron chi connectivity index (χ0n) is 26.5. The molecule has 238 valence electrons. The minimum absolute atomic E-state index is 0.0663. The van der Waals surface area contributed by atoms with Crippen molar-refractivity contribution in [3.8, 4) is 0 Å². The lowest BCUT2D eigenvalue weighted by atomic mass is 9.96. The zero-order chi connectivity index (χ0) is 31.4. The Hall–Kier alpha value is -2.10. The number of sulfonamides is 1. The van der Waals surface area contributed by atoms with E-state index in [0.717, 1.165) is 68.8 Å². The smallest absolute Gasteiger partial charge is 0.332 e. The molecular weight excluding hydrogens is 605 g/mol. The van der Waals surface area contributed by atoms with E-state index < -0.39 is 35.1 Å². The average molecular weight is 651 g/mol. The van der Waals surface area contributed by atoms with Gasteiger partial charge in [0.25, 0.3) is 15.6 Å². The molecule has 0 spiro atoms. The highest BCUT2D eigenvalue weighted by Gasteiger charge is 2.42. The SMILES string of the molecule is Cn1cc(Cn2c(=O)c3cc(S(=O)(=O)NC4(C)CC4)sc3n(CC3CCN(CCO[Si](C)(C)C(C)(C)C)CC3)c2=O)cn1. The molecule has 3 aromatic rings. The van der Waals surface area contributed by atoms with Gasteiger partial charge in [0.05, 0.1) is 18.1 Å². The maximum absolute atomic E-state index is 13.9. The third-order valence-corrected chi connectivity index (χ3v) is 17.2. The molecule has 0 amide bonds. The van der Waals surface area contributed by atoms with E-state index in [-0.39, 0.29) is 27.1 Å². The fourth-order valence-corrected chi connectivity index (χ4v) is 9.26. The van der Waals surface area contributed by atoms with Crippen LogP contribution in [-0.2, 0) is 34.6 Å². The van der Waals surface area contributed by atoms with Gasteiger partial charge in [0.1, 0.15) is 9.04 Å². The van der Waals surface area contributed by atoms with E-state index in [1.54, 1.807) is 28.7 Å². The normalized spacial score (nSPS) is 18.5. The monoisotopic (exact) mass is 650 g/mol. The summed E-state index contributed by atoms with van der Waals surface area (Å²) in [7, 11) is -3.83. The summed E-state index contributed by atoms with van der Waals surface area (Å²) in [5.74, 6) is 0.230. The fourth-order valence-electron chi connectivity index (χ4n) is 5.31. The first kappa shape index (κ1) is 32.3. The summed E-state index contributed by atoms with van der Waals surface area (Å²) in [6.07, 6.45) is 6.78. The molecule has 1 N–H and O–H groups in total. The Morgan fingerprint density at radius 2 is 1.84 bits per heavy atom. The van der Waals surface area contributed by atoms with Gasteiger partial charge in [0.15, 0.2) is 8.32 Å². The van der Waals surface area contributed by atoms with Crippen molar-refractivity contribution in [1.82, 2.24) is 28.5 Å². The first-order valence-electron chi connectivity index (χ1n) is 15.1. The number of aromatic nitrogens is 4. The number of hydrogen-bond acceptors (Lipinski definition) is 8. The van der Waals surface area contributed by atoms with Crippen molar-refractivity contribution in [2.24, 2.45) is 13.0 Å². The van der Waals surface area contributed by atoms with Crippen LogP contribution in [0.15, 0.2) is 32.3 Å². The summed E-state index contributed by atoms with van der Waals surface area (Å²) in [5.41, 5.74) is -0.613. The molecule has 3 aromatic heterocycles. The molecule has 0 atom stereocenters. The Kier molecular flexibility index (Phi) is 8.77. The highest BCUT2D eigenvalue weighted by atomic mass is 32.2. The number of nitrogens with zero attached hydrogens (tertiary/aromatic N) is 5. The summed E-state index contributed by atoms with van der Waals surface area (Å²) >= 11 is 1.01. The number of piperidine rings is 1. The van der Waals surface area contributed by atoms with Crippen molar-refractivity contribution in [2.75, 3.05) is 26.2 Å². The molecule has 0 radical (unpaired) electrons. The predicted molar refractivity (Wildman–Crippen MR) is 173 cm³/mol. The number of nitrogens with one attached hydrogen (secondary N) is 1. The van der Waals surface area contributed by atoms with Crippen molar-refractivity contribution in [3.05, 3.63) is 44.9 Å². The van der Waals surface area contributed by atoms with Crippen LogP contribution in [0.4, 0.5) is 0 Å². The molecule has 0 bridgehead atoms. The second-order valence-electron chi connectivity index (χ2n) is 14.2. The van der Waals surface area contributed by atoms with Gasteiger partial charge < -0.3 is 9.33 Å². The van der Waals surface area contributed by atoms with Crippen LogP contribution in [0.3, 0.4) is 0 Å². The van der Waals surface area contributed by atoms with Crippen LogP contribution < -0.4 is 16.0 Å². The second kappa shape index (κ2) is 11.7. The topological polar surface area (TPSA) is 120 Å². The first-order valence-corrected chi connectivity index (χ1v) is 20.3. The Balaban J connectivity index is 1.38. The molecule has 0 aromatic carbocycles. The number of hydrogen-bond donors (Lipinski definition) is 1. The van der Waals surface area contributed by atoms with Gasteiger partial charge in [-0.1, -0.05) is 20.8 Å². The van der Waals surface area contributed by atoms with Crippen molar-refractivity contribution in [3.63, 3.8) is 0 Å². The predicted octanol–water partition coefficient (Wildman–Crippen LogP) is 3.57. The minimum Gasteiger partial charge on any atom is -0.416 e. The highest BCUT2D eigenvalue weighted by molar-refractivity contribution is 7.91. The molecule has 1 saturated carbocycles. The summed E-state index contributed by atoms with van der Waals surface area (Å²) in [4.78, 5) is 30.3. The molecule has 4 heterocycles. The summed E-state index contributed by atoms with van der Waals surface area (Å²) < 4.78 is 40.2. The molecule has 1 aliphatic carbocycles. The quantitative estimate of drug-likeness (QED) is 0.315. The van der Waals surface area contributed by atoms with E-state index in [9.17, 15) is 18.0 Å². The molecule has 1 aliphatic heterocycles. The fraction of sp³-hybridized carbons (Fsp3) is 0.690. The van der Waals surface area contributed by atoms with Crippen LogP contribution in [0.1, 0.15) is 58.9 Å². The van der Waals surface area contributed by atoms with Gasteiger partial charge in [-0.3, -0.25) is 18.6 Å². The molecular formula is C29H46N6O5S2Si. The van der Waals surface area contributed by atoms with E-state index >= 15 is 0 Å². The molecule has 0 unspecified atom stereocenters. The lowest BCUT2D eigenvalue weighted by Gasteiger charge is -2.37. The number of rotatable bonds is 11. The average Bonchev–Trinajstić information content (AvgIpc) is 3.27. The van der Waals surface area contributed by atoms with Gasteiger partial charge in [0.2, 0.25) is 0 Å². The van der Waals surface area contributed by atoms with Crippen LogP contribution in [0.5, 0.6) is 0 Å². The van der Waals surface area contributed by atoms with Crippen LogP contribution in [0.25, 0.3) is 10.2 Å². The third-order valence-electron chi connectivity index (χ3n) is 9.44. The number of likely N-dealkylation sites (tertiary alicyclic amines) is 1. The lowest BCUT2D eigenvalue weighted by molar-refractivity contribution is 0.143. The van der Waals surface area contributed by atoms with E-state index in [0.29, 0.717) is 11.4 Å². The molecule has 14 heteroatoms. The van der Waals surface area contributed by atoms with Crippen molar-refractivity contribution >= 4 is 39.9 Å². The van der Waals surface area contributed by atoms with E-state index in [1.165, 1.54) is 10.6 Å². The molecule has 2 aliphatic rings. The molecule has 1 saturated heterocycles. The van der Waals surface area contributed by atoms with Gasteiger partial charge in [-0.2, -0.15) is 5.10 Å². The van der Waals surface area contributed by atoms with Gasteiger partial charge in [-0.25, -0.2) is 17.9 Å². The standard InChI is InChI=1S/C29H46N6O5S2Si/c1-28(2,3)43(6,7)40-15-14-33-12-8-21(9-13-33)19-35-26-23(16-24(41-26)42(38,39)31-29(4)10-11-29)25(36)34(27(35)37)20-22-17-30-32(5)18-22/h16-18,21,31H,8-15,19-20H2,1-7H3. The van der Waals surface area contributed by atoms with E-state index in [2.05, 4.69) is 48.6 Å². The van der Waals surface area contributed by atoms with Crippen LogP contribution in [-0.4, -0.2) is 72.3 Å². The van der Waals surface area contributed by atoms with Crippen LogP contribution >= 0.6 is 11.3 Å². The van der Waals surface area contributed by atoms with Gasteiger partial charge in [0, 0.05) is 44.0 Å². The summed E-state index contributed by atoms with van der Waals surface area (Å²) in [6.45, 7) is 17.1. The zero-order valence-corrected chi connectivity index (χ0v) is 29.1. The van der Waals surface area contributed by atoms with Gasteiger partial charge >= 0.3 is 5.69 Å². The van der Waals surface area contributed by atoms with Crippen LogP contribution in [0.2, 0.25) is 18.1 Å². The van der Waals surface area contributed by atoms with Crippen molar-refractivity contribution in [2.45, 2.75) is 94.3 Å². The molecule has 11 nitrogen and oxygen atoms in total. The number of thiophene rings is 1.